The van der Waals surface area contributed by atoms with Gasteiger partial charge in [-0.3, -0.25) is 0 Å². The zero-order chi connectivity index (χ0) is 10.6. The van der Waals surface area contributed by atoms with E-state index in [1.165, 1.54) is 5.56 Å². The van der Waals surface area contributed by atoms with E-state index >= 15 is 0 Å². The van der Waals surface area contributed by atoms with Crippen LogP contribution in [0.5, 0.6) is 5.75 Å². The van der Waals surface area contributed by atoms with E-state index in [-0.39, 0.29) is 0 Å². The molecule has 0 heterocycles. The first-order valence-corrected chi connectivity index (χ1v) is 5.10. The van der Waals surface area contributed by atoms with E-state index in [1.54, 1.807) is 7.11 Å². The smallest absolute Gasteiger partial charge is 0.123 e. The first-order valence-electron chi connectivity index (χ1n) is 4.72. The number of rotatable bonds is 4. The molecule has 2 nitrogen and oxygen atoms in total. The molecule has 1 aromatic carbocycles. The van der Waals surface area contributed by atoms with Gasteiger partial charge in [0.1, 0.15) is 5.75 Å². The van der Waals surface area contributed by atoms with Gasteiger partial charge in [0.25, 0.3) is 0 Å². The Kier molecular flexibility index (Phi) is 4.23. The van der Waals surface area contributed by atoms with Crippen LogP contribution < -0.4 is 10.5 Å². The molecule has 0 spiro atoms. The van der Waals surface area contributed by atoms with Crippen molar-refractivity contribution in [1.82, 2.24) is 0 Å². The second-order valence-electron chi connectivity index (χ2n) is 3.36. The molecule has 14 heavy (non-hydrogen) atoms. The Morgan fingerprint density at radius 1 is 1.50 bits per heavy atom. The summed E-state index contributed by atoms with van der Waals surface area (Å²) in [6.45, 7) is 2.82. The molecule has 0 aliphatic rings. The summed E-state index contributed by atoms with van der Waals surface area (Å²) in [6.07, 6.45) is 0.956. The van der Waals surface area contributed by atoms with Crippen molar-refractivity contribution in [3.05, 3.63) is 28.8 Å². The maximum atomic E-state index is 5.87. The fourth-order valence-corrected chi connectivity index (χ4v) is 1.66. The predicted molar refractivity (Wildman–Crippen MR) is 60.1 cm³/mol. The molecule has 0 saturated heterocycles. The summed E-state index contributed by atoms with van der Waals surface area (Å²) in [5.41, 5.74) is 6.69. The third-order valence-electron chi connectivity index (χ3n) is 2.33. The van der Waals surface area contributed by atoms with Gasteiger partial charge in [0, 0.05) is 5.02 Å². The molecule has 0 radical (unpaired) electrons. The Morgan fingerprint density at radius 2 is 2.21 bits per heavy atom. The normalized spacial score (nSPS) is 12.6. The Labute approximate surface area is 90.0 Å². The summed E-state index contributed by atoms with van der Waals surface area (Å²) in [5.74, 6) is 1.26. The first-order chi connectivity index (χ1) is 6.69. The van der Waals surface area contributed by atoms with Gasteiger partial charge in [-0.1, -0.05) is 24.6 Å². The Bertz CT molecular complexity index is 301. The van der Waals surface area contributed by atoms with Crippen LogP contribution in [0.2, 0.25) is 5.02 Å². The average molecular weight is 214 g/mol. The van der Waals surface area contributed by atoms with Crippen molar-refractivity contribution in [2.24, 2.45) is 5.73 Å². The minimum atomic E-state index is 0.409. The summed E-state index contributed by atoms with van der Waals surface area (Å²) in [5, 5.41) is 0.700. The molecule has 3 heteroatoms. The highest BCUT2D eigenvalue weighted by molar-refractivity contribution is 6.30. The molecule has 0 aliphatic carbocycles. The SMILES string of the molecule is COc1cc(Cl)ccc1C(C)CCN. The summed E-state index contributed by atoms with van der Waals surface area (Å²) in [4.78, 5) is 0. The van der Waals surface area contributed by atoms with Crippen LogP contribution in [0.15, 0.2) is 18.2 Å². The van der Waals surface area contributed by atoms with Crippen molar-refractivity contribution in [1.29, 1.82) is 0 Å². The quantitative estimate of drug-likeness (QED) is 0.835. The molecule has 1 aromatic rings. The van der Waals surface area contributed by atoms with Crippen LogP contribution in [-0.2, 0) is 0 Å². The van der Waals surface area contributed by atoms with E-state index in [4.69, 9.17) is 22.1 Å². The van der Waals surface area contributed by atoms with E-state index in [0.717, 1.165) is 12.2 Å². The number of methoxy groups -OCH3 is 1. The van der Waals surface area contributed by atoms with Crippen LogP contribution in [0.25, 0.3) is 0 Å². The average Bonchev–Trinajstić information content (AvgIpc) is 2.17. The minimum absolute atomic E-state index is 0.409. The van der Waals surface area contributed by atoms with Crippen molar-refractivity contribution in [2.75, 3.05) is 13.7 Å². The Balaban J connectivity index is 2.95. The van der Waals surface area contributed by atoms with Gasteiger partial charge in [0.05, 0.1) is 7.11 Å². The zero-order valence-electron chi connectivity index (χ0n) is 8.59. The van der Waals surface area contributed by atoms with Gasteiger partial charge < -0.3 is 10.5 Å². The molecule has 1 unspecified atom stereocenters. The largest absolute Gasteiger partial charge is 0.496 e. The number of hydrogen-bond acceptors (Lipinski definition) is 2. The molecule has 1 rings (SSSR count). The van der Waals surface area contributed by atoms with E-state index in [1.807, 2.05) is 18.2 Å². The molecule has 0 aliphatic heterocycles. The highest BCUT2D eigenvalue weighted by Gasteiger charge is 2.10. The highest BCUT2D eigenvalue weighted by Crippen LogP contribution is 2.30. The molecular formula is C11H16ClNO. The molecule has 0 fully saturated rings. The second-order valence-corrected chi connectivity index (χ2v) is 3.80. The summed E-state index contributed by atoms with van der Waals surface area (Å²) in [6, 6.07) is 5.72. The molecule has 2 N–H and O–H groups in total. The minimum Gasteiger partial charge on any atom is -0.496 e. The van der Waals surface area contributed by atoms with Gasteiger partial charge >= 0.3 is 0 Å². The zero-order valence-corrected chi connectivity index (χ0v) is 9.34. The maximum Gasteiger partial charge on any atom is 0.123 e. The Morgan fingerprint density at radius 3 is 2.79 bits per heavy atom. The van der Waals surface area contributed by atoms with Gasteiger partial charge in [-0.05, 0) is 36.6 Å². The first kappa shape index (κ1) is 11.3. The van der Waals surface area contributed by atoms with Gasteiger partial charge in [-0.25, -0.2) is 0 Å². The van der Waals surface area contributed by atoms with E-state index in [2.05, 4.69) is 6.92 Å². The van der Waals surface area contributed by atoms with Crippen LogP contribution in [0.3, 0.4) is 0 Å². The van der Waals surface area contributed by atoms with Crippen LogP contribution >= 0.6 is 11.6 Å². The number of nitrogens with two attached hydrogens (primary N) is 1. The standard InChI is InChI=1S/C11H16ClNO/c1-8(5-6-13)10-4-3-9(12)7-11(10)14-2/h3-4,7-8H,5-6,13H2,1-2H3. The van der Waals surface area contributed by atoms with Gasteiger partial charge in [-0.2, -0.15) is 0 Å². The molecule has 0 aromatic heterocycles. The fourth-order valence-electron chi connectivity index (χ4n) is 1.50. The van der Waals surface area contributed by atoms with Crippen molar-refractivity contribution >= 4 is 11.6 Å². The topological polar surface area (TPSA) is 35.2 Å². The third-order valence-corrected chi connectivity index (χ3v) is 2.56. The van der Waals surface area contributed by atoms with E-state index in [9.17, 15) is 0 Å². The number of hydrogen-bond donors (Lipinski definition) is 1. The van der Waals surface area contributed by atoms with Crippen molar-refractivity contribution in [2.45, 2.75) is 19.3 Å². The van der Waals surface area contributed by atoms with E-state index < -0.39 is 0 Å². The van der Waals surface area contributed by atoms with E-state index in [0.29, 0.717) is 17.5 Å². The molecule has 1 atom stereocenters. The number of benzene rings is 1. The summed E-state index contributed by atoms with van der Waals surface area (Å²) in [7, 11) is 1.66. The lowest BCUT2D eigenvalue weighted by Gasteiger charge is -2.14. The van der Waals surface area contributed by atoms with Crippen molar-refractivity contribution < 1.29 is 4.74 Å². The third kappa shape index (κ3) is 2.63. The monoisotopic (exact) mass is 213 g/mol. The molecule has 78 valence electrons. The lowest BCUT2D eigenvalue weighted by atomic mass is 9.97. The Hall–Kier alpha value is -0.730. The number of ether oxygens (including phenoxy) is 1. The molecule has 0 amide bonds. The second kappa shape index (κ2) is 5.23. The van der Waals surface area contributed by atoms with Crippen molar-refractivity contribution in [3.8, 4) is 5.75 Å². The number of halogens is 1. The summed E-state index contributed by atoms with van der Waals surface area (Å²) >= 11 is 5.87. The molecular weight excluding hydrogens is 198 g/mol. The highest BCUT2D eigenvalue weighted by atomic mass is 35.5. The van der Waals surface area contributed by atoms with Crippen LogP contribution in [0.1, 0.15) is 24.8 Å². The van der Waals surface area contributed by atoms with Gasteiger partial charge in [0.2, 0.25) is 0 Å². The van der Waals surface area contributed by atoms with Gasteiger partial charge in [0.15, 0.2) is 0 Å². The lowest BCUT2D eigenvalue weighted by molar-refractivity contribution is 0.405. The van der Waals surface area contributed by atoms with Crippen LogP contribution in [-0.4, -0.2) is 13.7 Å². The predicted octanol–water partition coefficient (Wildman–Crippen LogP) is 2.80. The maximum absolute atomic E-state index is 5.87. The van der Waals surface area contributed by atoms with Gasteiger partial charge in [-0.15, -0.1) is 0 Å². The lowest BCUT2D eigenvalue weighted by Crippen LogP contribution is -2.05. The molecule has 0 saturated carbocycles. The van der Waals surface area contributed by atoms with Crippen LogP contribution in [0, 0.1) is 0 Å². The molecule has 0 bridgehead atoms. The van der Waals surface area contributed by atoms with Crippen LogP contribution in [0.4, 0.5) is 0 Å². The van der Waals surface area contributed by atoms with Crippen molar-refractivity contribution in [3.63, 3.8) is 0 Å². The summed E-state index contributed by atoms with van der Waals surface area (Å²) < 4.78 is 5.27. The fraction of sp³-hybridized carbons (Fsp3) is 0.455.